The Bertz CT molecular complexity index is 245. The maximum atomic E-state index is 13.0. The third-order valence-electron chi connectivity index (χ3n) is 1.81. The van der Waals surface area contributed by atoms with Crippen molar-refractivity contribution in [3.8, 4) is 0 Å². The van der Waals surface area contributed by atoms with Gasteiger partial charge in [0.2, 0.25) is 3.15 Å². The zero-order valence-corrected chi connectivity index (χ0v) is 14.9. The summed E-state index contributed by atoms with van der Waals surface area (Å²) in [6.07, 6.45) is 5.57. The van der Waals surface area contributed by atoms with Crippen LogP contribution < -0.4 is 0 Å². The molecule has 0 saturated heterocycles. The van der Waals surface area contributed by atoms with Crippen LogP contribution in [0.15, 0.2) is 0 Å². The van der Waals surface area contributed by atoms with E-state index in [0.717, 1.165) is 0 Å². The van der Waals surface area contributed by atoms with Gasteiger partial charge in [-0.05, 0) is 46.5 Å². The quantitative estimate of drug-likeness (QED) is 0.475. The van der Waals surface area contributed by atoms with Gasteiger partial charge in [0.15, 0.2) is 0 Å². The van der Waals surface area contributed by atoms with Crippen molar-refractivity contribution in [1.82, 2.24) is 0 Å². The fourth-order valence-electron chi connectivity index (χ4n) is 1.29. The van der Waals surface area contributed by atoms with E-state index in [9.17, 15) is 4.57 Å². The summed E-state index contributed by atoms with van der Waals surface area (Å²) >= 11 is 4.56. The average Bonchev–Trinajstić information content (AvgIpc) is 2.18. The Kier molecular flexibility index (Phi) is 8.25. The molecule has 0 aliphatic rings. The molecule has 0 N–H and O–H groups in total. The van der Waals surface area contributed by atoms with E-state index >= 15 is 0 Å². The van der Waals surface area contributed by atoms with E-state index in [1.807, 2.05) is 46.5 Å². The molecule has 3 nitrogen and oxygen atoms in total. The number of thioether (sulfide) groups is 3. The Morgan fingerprint density at radius 2 is 1.18 bits per heavy atom. The van der Waals surface area contributed by atoms with Crippen molar-refractivity contribution < 1.29 is 13.6 Å². The molecular formula is C10H23O3PS3. The number of rotatable bonds is 8. The minimum Gasteiger partial charge on any atom is -0.304 e. The predicted molar refractivity (Wildman–Crippen MR) is 83.3 cm³/mol. The minimum absolute atomic E-state index is 0.120. The molecule has 0 aromatic heterocycles. The van der Waals surface area contributed by atoms with E-state index in [1.54, 1.807) is 0 Å². The summed E-state index contributed by atoms with van der Waals surface area (Å²) in [6, 6.07) is 0. The molecule has 7 heteroatoms. The molecule has 0 rings (SSSR count). The monoisotopic (exact) mass is 318 g/mol. The molecule has 0 atom stereocenters. The van der Waals surface area contributed by atoms with Crippen LogP contribution >= 0.6 is 42.9 Å². The molecule has 0 saturated carbocycles. The first-order valence-electron chi connectivity index (χ1n) is 5.39. The highest BCUT2D eigenvalue weighted by atomic mass is 32.3. The lowest BCUT2D eigenvalue weighted by Crippen LogP contribution is -2.22. The van der Waals surface area contributed by atoms with E-state index in [-0.39, 0.29) is 12.2 Å². The van der Waals surface area contributed by atoms with Gasteiger partial charge in [-0.1, -0.05) is 0 Å². The highest BCUT2D eigenvalue weighted by Crippen LogP contribution is 2.73. The zero-order valence-electron chi connectivity index (χ0n) is 11.6. The molecule has 0 heterocycles. The van der Waals surface area contributed by atoms with Crippen LogP contribution in [0, 0.1) is 0 Å². The first-order chi connectivity index (χ1) is 7.76. The first kappa shape index (κ1) is 18.2. The Morgan fingerprint density at radius 3 is 1.35 bits per heavy atom. The van der Waals surface area contributed by atoms with E-state index in [1.165, 1.54) is 35.3 Å². The Hall–Kier alpha value is 1.20. The van der Waals surface area contributed by atoms with Gasteiger partial charge in [-0.25, -0.2) is 0 Å². The lowest BCUT2D eigenvalue weighted by atomic mass is 10.5. The van der Waals surface area contributed by atoms with Crippen LogP contribution in [0.2, 0.25) is 0 Å². The molecule has 17 heavy (non-hydrogen) atoms. The third kappa shape index (κ3) is 4.66. The van der Waals surface area contributed by atoms with Gasteiger partial charge < -0.3 is 9.05 Å². The smallest absolute Gasteiger partial charge is 0.304 e. The lowest BCUT2D eigenvalue weighted by molar-refractivity contribution is 0.143. The van der Waals surface area contributed by atoms with Crippen molar-refractivity contribution in [1.29, 1.82) is 0 Å². The standard InChI is InChI=1S/C10H23O3PS3/c1-8(2)12-14(11,13-9(3)4)10(15-5,16-6)17-7/h8-9H,1-7H3. The largest absolute Gasteiger partial charge is 0.367 e. The molecule has 0 radical (unpaired) electrons. The molecule has 0 bridgehead atoms. The topological polar surface area (TPSA) is 35.5 Å². The van der Waals surface area contributed by atoms with Crippen molar-refractivity contribution in [2.75, 3.05) is 18.8 Å². The maximum absolute atomic E-state index is 13.0. The fraction of sp³-hybridized carbons (Fsp3) is 1.00. The molecule has 0 aromatic rings. The summed E-state index contributed by atoms with van der Waals surface area (Å²) in [6.45, 7) is 7.51. The third-order valence-corrected chi connectivity index (χ3v) is 12.1. The molecule has 0 aliphatic heterocycles. The summed E-state index contributed by atoms with van der Waals surface area (Å²) in [5.41, 5.74) is 0. The van der Waals surface area contributed by atoms with Gasteiger partial charge >= 0.3 is 7.60 Å². The second kappa shape index (κ2) is 7.71. The van der Waals surface area contributed by atoms with Crippen molar-refractivity contribution >= 4 is 42.9 Å². The van der Waals surface area contributed by atoms with Crippen molar-refractivity contribution in [3.63, 3.8) is 0 Å². The van der Waals surface area contributed by atoms with Gasteiger partial charge in [-0.2, -0.15) is 0 Å². The second-order valence-electron chi connectivity index (χ2n) is 3.94. The first-order valence-corrected chi connectivity index (χ1v) is 10.6. The average molecular weight is 318 g/mol. The molecule has 0 spiro atoms. The SMILES string of the molecule is CSC(SC)(SC)P(=O)(OC(C)C)OC(C)C. The van der Waals surface area contributed by atoms with Gasteiger partial charge in [0, 0.05) is 0 Å². The van der Waals surface area contributed by atoms with E-state index in [2.05, 4.69) is 0 Å². The molecule has 0 unspecified atom stereocenters. The molecule has 104 valence electrons. The summed E-state index contributed by atoms with van der Waals surface area (Å²) in [7, 11) is -3.18. The van der Waals surface area contributed by atoms with Crippen LogP contribution in [0.5, 0.6) is 0 Å². The van der Waals surface area contributed by atoms with Crippen molar-refractivity contribution in [3.05, 3.63) is 0 Å². The Morgan fingerprint density at radius 1 is 0.882 bits per heavy atom. The minimum atomic E-state index is -3.18. The number of hydrogen-bond donors (Lipinski definition) is 0. The molecule has 0 aromatic carbocycles. The maximum Gasteiger partial charge on any atom is 0.367 e. The highest BCUT2D eigenvalue weighted by Gasteiger charge is 2.51. The molecular weight excluding hydrogens is 295 g/mol. The van der Waals surface area contributed by atoms with Gasteiger partial charge in [0.1, 0.15) is 0 Å². The van der Waals surface area contributed by atoms with Crippen LogP contribution in [-0.2, 0) is 13.6 Å². The second-order valence-corrected chi connectivity index (χ2v) is 10.8. The summed E-state index contributed by atoms with van der Waals surface area (Å²) in [4.78, 5) is 0. The van der Waals surface area contributed by atoms with Crippen LogP contribution in [0.25, 0.3) is 0 Å². The molecule has 0 amide bonds. The van der Waals surface area contributed by atoms with Crippen LogP contribution in [0.1, 0.15) is 27.7 Å². The van der Waals surface area contributed by atoms with Crippen molar-refractivity contribution in [2.24, 2.45) is 0 Å². The lowest BCUT2D eigenvalue weighted by Gasteiger charge is -2.36. The van der Waals surface area contributed by atoms with Gasteiger partial charge in [0.05, 0.1) is 12.2 Å². The zero-order chi connectivity index (χ0) is 13.7. The summed E-state index contributed by atoms with van der Waals surface area (Å²) in [5, 5.41) is 0. The molecule has 0 aliphatic carbocycles. The van der Waals surface area contributed by atoms with Gasteiger partial charge in [-0.3, -0.25) is 4.57 Å². The van der Waals surface area contributed by atoms with E-state index in [0.29, 0.717) is 0 Å². The van der Waals surface area contributed by atoms with E-state index < -0.39 is 10.7 Å². The molecule has 0 fully saturated rings. The Balaban J connectivity index is 5.33. The predicted octanol–water partition coefficient (Wildman–Crippen LogP) is 4.73. The number of hydrogen-bond acceptors (Lipinski definition) is 6. The summed E-state index contributed by atoms with van der Waals surface area (Å²) in [5.74, 6) is 0. The highest BCUT2D eigenvalue weighted by molar-refractivity contribution is 8.40. The normalized spacial score (nSPS) is 13.7. The van der Waals surface area contributed by atoms with Gasteiger partial charge in [-0.15, -0.1) is 35.3 Å². The summed E-state index contributed by atoms with van der Waals surface area (Å²) < 4.78 is 23.8. The van der Waals surface area contributed by atoms with Crippen molar-refractivity contribution in [2.45, 2.75) is 43.1 Å². The van der Waals surface area contributed by atoms with Crippen LogP contribution in [-0.4, -0.2) is 34.1 Å². The Labute approximate surface area is 118 Å². The van der Waals surface area contributed by atoms with E-state index in [4.69, 9.17) is 9.05 Å². The van der Waals surface area contributed by atoms with Gasteiger partial charge in [0.25, 0.3) is 0 Å². The van der Waals surface area contributed by atoms with Crippen LogP contribution in [0.3, 0.4) is 0 Å². The fourth-order valence-corrected chi connectivity index (χ4v) is 8.17. The van der Waals surface area contributed by atoms with Crippen LogP contribution in [0.4, 0.5) is 0 Å².